The second-order valence-corrected chi connectivity index (χ2v) is 5.25. The van der Waals surface area contributed by atoms with Gasteiger partial charge in [0.05, 0.1) is 0 Å². The summed E-state index contributed by atoms with van der Waals surface area (Å²) in [6.07, 6.45) is 11.8. The van der Waals surface area contributed by atoms with E-state index >= 15 is 0 Å². The van der Waals surface area contributed by atoms with Gasteiger partial charge in [0, 0.05) is 0 Å². The summed E-state index contributed by atoms with van der Waals surface area (Å²) in [6.45, 7) is 1.70. The Balaban J connectivity index is 2.05. The Bertz CT molecular complexity index is 434. The molecule has 0 N–H and O–H groups in total. The van der Waals surface area contributed by atoms with Crippen LogP contribution in [-0.2, 0) is 4.79 Å². The van der Waals surface area contributed by atoms with Crippen molar-refractivity contribution in [1.82, 2.24) is 0 Å². The van der Waals surface area contributed by atoms with Gasteiger partial charge in [-0.3, -0.25) is 4.79 Å². The number of Topliss-reactive ketones (excluding diaryl/α,β-unsaturated/α-hetero) is 1. The molecule has 1 heteroatoms. The largest absolute Gasteiger partial charge is 0.295 e. The van der Waals surface area contributed by atoms with Crippen molar-refractivity contribution in [2.45, 2.75) is 45.4 Å². The van der Waals surface area contributed by atoms with E-state index in [0.717, 1.165) is 17.9 Å². The Morgan fingerprint density at radius 3 is 3.06 bits per heavy atom. The van der Waals surface area contributed by atoms with E-state index in [9.17, 15) is 4.79 Å². The van der Waals surface area contributed by atoms with Crippen molar-refractivity contribution in [3.8, 4) is 0 Å². The second-order valence-electron chi connectivity index (χ2n) is 5.25. The van der Waals surface area contributed by atoms with Crippen LogP contribution in [0.15, 0.2) is 34.4 Å². The zero-order valence-electron chi connectivity index (χ0n) is 9.88. The fourth-order valence-electron chi connectivity index (χ4n) is 3.42. The van der Waals surface area contributed by atoms with Gasteiger partial charge in [0.2, 0.25) is 0 Å². The number of ketones is 1. The standard InChI is InChI=1S/C15H18O/c1-10(16)14-8-12-6-2-4-11-5-3-7-13(9-14)15(11)12/h6,8,11H,2-5,7,9H2,1H3. The first kappa shape index (κ1) is 10.1. The second kappa shape index (κ2) is 3.73. The summed E-state index contributed by atoms with van der Waals surface area (Å²) in [5.41, 5.74) is 5.58. The molecule has 0 fully saturated rings. The minimum absolute atomic E-state index is 0.250. The highest BCUT2D eigenvalue weighted by Crippen LogP contribution is 2.45. The van der Waals surface area contributed by atoms with Crippen molar-refractivity contribution in [3.63, 3.8) is 0 Å². The Labute approximate surface area is 96.9 Å². The lowest BCUT2D eigenvalue weighted by molar-refractivity contribution is -0.113. The fourth-order valence-corrected chi connectivity index (χ4v) is 3.42. The fraction of sp³-hybridized carbons (Fsp3) is 0.533. The molecule has 0 spiro atoms. The van der Waals surface area contributed by atoms with Gasteiger partial charge >= 0.3 is 0 Å². The third-order valence-corrected chi connectivity index (χ3v) is 4.20. The maximum Gasteiger partial charge on any atom is 0.156 e. The van der Waals surface area contributed by atoms with Crippen molar-refractivity contribution < 1.29 is 4.79 Å². The minimum Gasteiger partial charge on any atom is -0.295 e. The average Bonchev–Trinajstić information content (AvgIpc) is 2.29. The van der Waals surface area contributed by atoms with Crippen LogP contribution < -0.4 is 0 Å². The number of rotatable bonds is 1. The van der Waals surface area contributed by atoms with Crippen LogP contribution in [0.1, 0.15) is 45.4 Å². The van der Waals surface area contributed by atoms with Gasteiger partial charge in [0.15, 0.2) is 5.78 Å². The molecule has 0 aromatic heterocycles. The van der Waals surface area contributed by atoms with E-state index in [-0.39, 0.29) is 5.78 Å². The van der Waals surface area contributed by atoms with Crippen LogP contribution in [0.5, 0.6) is 0 Å². The molecule has 0 saturated heterocycles. The van der Waals surface area contributed by atoms with Gasteiger partial charge in [0.25, 0.3) is 0 Å². The third kappa shape index (κ3) is 1.50. The SMILES string of the molecule is CC(=O)C1=CC2=CCCC3CCCC(=C23)C1. The van der Waals surface area contributed by atoms with Crippen molar-refractivity contribution in [1.29, 1.82) is 0 Å². The van der Waals surface area contributed by atoms with Crippen molar-refractivity contribution >= 4 is 5.78 Å². The number of allylic oxidation sites excluding steroid dienone is 6. The highest BCUT2D eigenvalue weighted by atomic mass is 16.1. The van der Waals surface area contributed by atoms with E-state index in [4.69, 9.17) is 0 Å². The maximum atomic E-state index is 11.5. The number of hydrogen-bond donors (Lipinski definition) is 0. The van der Waals surface area contributed by atoms with E-state index in [1.165, 1.54) is 37.7 Å². The molecule has 3 aliphatic rings. The Morgan fingerprint density at radius 1 is 1.38 bits per heavy atom. The first-order valence-corrected chi connectivity index (χ1v) is 6.39. The highest BCUT2D eigenvalue weighted by Gasteiger charge is 2.30. The molecule has 0 aliphatic heterocycles. The van der Waals surface area contributed by atoms with Crippen LogP contribution >= 0.6 is 0 Å². The van der Waals surface area contributed by atoms with Crippen molar-refractivity contribution in [2.75, 3.05) is 0 Å². The van der Waals surface area contributed by atoms with E-state index in [0.29, 0.717) is 0 Å². The van der Waals surface area contributed by atoms with Gasteiger partial charge in [-0.15, -0.1) is 0 Å². The quantitative estimate of drug-likeness (QED) is 0.650. The van der Waals surface area contributed by atoms with Crippen molar-refractivity contribution in [2.24, 2.45) is 5.92 Å². The van der Waals surface area contributed by atoms with E-state index in [2.05, 4.69) is 12.2 Å². The molecule has 84 valence electrons. The summed E-state index contributed by atoms with van der Waals surface area (Å²) in [6, 6.07) is 0. The molecule has 1 unspecified atom stereocenters. The lowest BCUT2D eigenvalue weighted by Gasteiger charge is -2.35. The normalized spacial score (nSPS) is 28.2. The molecule has 0 amide bonds. The average molecular weight is 214 g/mol. The van der Waals surface area contributed by atoms with Crippen LogP contribution in [0.3, 0.4) is 0 Å². The molecule has 0 bridgehead atoms. The molecule has 1 atom stereocenters. The zero-order valence-corrected chi connectivity index (χ0v) is 9.88. The van der Waals surface area contributed by atoms with Gasteiger partial charge in [-0.2, -0.15) is 0 Å². The van der Waals surface area contributed by atoms with Gasteiger partial charge in [0.1, 0.15) is 0 Å². The molecular weight excluding hydrogens is 196 g/mol. The highest BCUT2D eigenvalue weighted by molar-refractivity contribution is 5.95. The Kier molecular flexibility index (Phi) is 2.34. The zero-order chi connectivity index (χ0) is 11.1. The molecule has 0 aromatic rings. The Morgan fingerprint density at radius 2 is 2.25 bits per heavy atom. The van der Waals surface area contributed by atoms with E-state index in [1.807, 2.05) is 0 Å². The summed E-state index contributed by atoms with van der Waals surface area (Å²) in [5, 5.41) is 0. The van der Waals surface area contributed by atoms with Crippen LogP contribution in [0.4, 0.5) is 0 Å². The monoisotopic (exact) mass is 214 g/mol. The first-order chi connectivity index (χ1) is 7.75. The maximum absolute atomic E-state index is 11.5. The smallest absolute Gasteiger partial charge is 0.156 e. The van der Waals surface area contributed by atoms with Gasteiger partial charge < -0.3 is 0 Å². The summed E-state index contributed by atoms with van der Waals surface area (Å²) >= 11 is 0. The van der Waals surface area contributed by atoms with E-state index < -0.39 is 0 Å². The number of hydrogen-bond acceptors (Lipinski definition) is 1. The minimum atomic E-state index is 0.250. The predicted molar refractivity (Wildman–Crippen MR) is 65.1 cm³/mol. The molecule has 0 radical (unpaired) electrons. The molecule has 1 nitrogen and oxygen atoms in total. The lowest BCUT2D eigenvalue weighted by Crippen LogP contribution is -2.20. The number of carbonyl (C=O) groups excluding carboxylic acids is 1. The molecule has 16 heavy (non-hydrogen) atoms. The van der Waals surface area contributed by atoms with Crippen LogP contribution in [-0.4, -0.2) is 5.78 Å². The summed E-state index contributed by atoms with van der Waals surface area (Å²) in [5.74, 6) is 1.05. The van der Waals surface area contributed by atoms with Crippen molar-refractivity contribution in [3.05, 3.63) is 34.4 Å². The van der Waals surface area contributed by atoms with Crippen LogP contribution in [0.2, 0.25) is 0 Å². The summed E-state index contributed by atoms with van der Waals surface area (Å²) in [7, 11) is 0. The molecule has 3 aliphatic carbocycles. The summed E-state index contributed by atoms with van der Waals surface area (Å²) < 4.78 is 0. The van der Waals surface area contributed by atoms with Crippen LogP contribution in [0, 0.1) is 5.92 Å². The Hall–Kier alpha value is -1.11. The molecule has 3 rings (SSSR count). The van der Waals surface area contributed by atoms with Gasteiger partial charge in [-0.25, -0.2) is 0 Å². The lowest BCUT2D eigenvalue weighted by atomic mass is 9.69. The van der Waals surface area contributed by atoms with Crippen LogP contribution in [0.25, 0.3) is 0 Å². The molecule has 0 heterocycles. The summed E-state index contributed by atoms with van der Waals surface area (Å²) in [4.78, 5) is 11.5. The molecule has 0 saturated carbocycles. The predicted octanol–water partition coefficient (Wildman–Crippen LogP) is 3.72. The van der Waals surface area contributed by atoms with Gasteiger partial charge in [-0.1, -0.05) is 11.6 Å². The number of carbonyl (C=O) groups is 1. The third-order valence-electron chi connectivity index (χ3n) is 4.20. The van der Waals surface area contributed by atoms with E-state index in [1.54, 1.807) is 18.1 Å². The first-order valence-electron chi connectivity index (χ1n) is 6.39. The molecule has 0 aromatic carbocycles. The topological polar surface area (TPSA) is 17.1 Å². The van der Waals surface area contributed by atoms with Gasteiger partial charge in [-0.05, 0) is 74.2 Å². The molecular formula is C15H18O.